The number of imide groups is 2. The summed E-state index contributed by atoms with van der Waals surface area (Å²) in [6, 6.07) is 6.92. The lowest BCUT2D eigenvalue weighted by Gasteiger charge is -2.27. The van der Waals surface area contributed by atoms with Crippen molar-refractivity contribution in [2.45, 2.75) is 25.4 Å². The van der Waals surface area contributed by atoms with Crippen LogP contribution >= 0.6 is 0 Å². The van der Waals surface area contributed by atoms with Crippen molar-refractivity contribution >= 4 is 35.2 Å². The van der Waals surface area contributed by atoms with Crippen molar-refractivity contribution in [3.05, 3.63) is 60.0 Å². The third-order valence-corrected chi connectivity index (χ3v) is 5.56. The van der Waals surface area contributed by atoms with Crippen LogP contribution in [0.2, 0.25) is 0 Å². The van der Waals surface area contributed by atoms with Crippen molar-refractivity contribution in [2.75, 3.05) is 5.32 Å². The number of fused-ring (bicyclic) bond motifs is 1. The number of pyridine rings is 1. The van der Waals surface area contributed by atoms with E-state index in [4.69, 9.17) is 0 Å². The Morgan fingerprint density at radius 2 is 1.88 bits per heavy atom. The fraction of sp³-hybridized carbons (Fsp3) is 0.182. The Kier molecular flexibility index (Phi) is 5.17. The Morgan fingerprint density at radius 3 is 2.65 bits per heavy atom. The lowest BCUT2D eigenvalue weighted by molar-refractivity contribution is -0.136. The third kappa shape index (κ3) is 3.70. The van der Waals surface area contributed by atoms with E-state index in [0.717, 1.165) is 10.5 Å². The van der Waals surface area contributed by atoms with Crippen molar-refractivity contribution in [3.8, 4) is 11.3 Å². The van der Waals surface area contributed by atoms with Crippen LogP contribution in [0.4, 0.5) is 5.69 Å². The molecule has 2 aliphatic rings. The first-order valence-electron chi connectivity index (χ1n) is 10.4. The number of nitrogens with zero attached hydrogens (tertiary/aromatic N) is 5. The highest BCUT2D eigenvalue weighted by molar-refractivity contribution is 6.26. The molecule has 0 spiro atoms. The summed E-state index contributed by atoms with van der Waals surface area (Å²) in [7, 11) is 0. The van der Waals surface area contributed by atoms with Crippen LogP contribution in [0.3, 0.4) is 0 Å². The van der Waals surface area contributed by atoms with Crippen LogP contribution in [-0.2, 0) is 20.9 Å². The number of hydrogen-bond acceptors (Lipinski definition) is 8. The molecule has 0 radical (unpaired) electrons. The number of piperidine rings is 1. The van der Waals surface area contributed by atoms with E-state index in [2.05, 4.69) is 25.9 Å². The van der Waals surface area contributed by atoms with Gasteiger partial charge >= 0.3 is 0 Å². The maximum Gasteiger partial charge on any atom is 0.264 e. The standard InChI is InChI=1S/C22H17N7O5/c30-17-5-4-16(20(32)25-17)29-21(33)13-2-1-3-14(19(13)22(29)34)24-18(31)11-28-10-15(26-27-28)12-6-8-23-9-7-12/h1-3,6-10,16H,4-5,11H2,(H,24,31)(H,25,30,32). The van der Waals surface area contributed by atoms with Gasteiger partial charge in [-0.1, -0.05) is 11.3 Å². The Morgan fingerprint density at radius 1 is 1.09 bits per heavy atom. The Balaban J connectivity index is 1.34. The third-order valence-electron chi connectivity index (χ3n) is 5.56. The first-order valence-corrected chi connectivity index (χ1v) is 10.4. The van der Waals surface area contributed by atoms with Gasteiger partial charge in [0.15, 0.2) is 0 Å². The normalized spacial score (nSPS) is 17.5. The van der Waals surface area contributed by atoms with Crippen molar-refractivity contribution in [1.82, 2.24) is 30.2 Å². The van der Waals surface area contributed by atoms with Crippen LogP contribution in [0.5, 0.6) is 0 Å². The molecule has 1 aromatic carbocycles. The van der Waals surface area contributed by atoms with E-state index in [1.807, 2.05) is 0 Å². The molecular weight excluding hydrogens is 442 g/mol. The minimum Gasteiger partial charge on any atom is -0.324 e. The van der Waals surface area contributed by atoms with Crippen molar-refractivity contribution < 1.29 is 24.0 Å². The zero-order valence-corrected chi connectivity index (χ0v) is 17.6. The Bertz CT molecular complexity index is 1350. The van der Waals surface area contributed by atoms with Crippen LogP contribution in [0.15, 0.2) is 48.9 Å². The van der Waals surface area contributed by atoms with Gasteiger partial charge < -0.3 is 5.32 Å². The van der Waals surface area contributed by atoms with Gasteiger partial charge in [-0.05, 0) is 30.7 Å². The molecule has 2 N–H and O–H groups in total. The molecule has 12 heteroatoms. The molecule has 0 saturated carbocycles. The number of carbonyl (C=O) groups is 5. The highest BCUT2D eigenvalue weighted by atomic mass is 16.2. The van der Waals surface area contributed by atoms with Crippen LogP contribution in [0.1, 0.15) is 33.6 Å². The molecule has 12 nitrogen and oxygen atoms in total. The van der Waals surface area contributed by atoms with Crippen LogP contribution < -0.4 is 10.6 Å². The summed E-state index contributed by atoms with van der Waals surface area (Å²) in [5.41, 5.74) is 1.58. The molecule has 1 saturated heterocycles. The second kappa shape index (κ2) is 8.31. The van der Waals surface area contributed by atoms with Gasteiger partial charge in [-0.3, -0.25) is 39.2 Å². The maximum absolute atomic E-state index is 13.1. The lowest BCUT2D eigenvalue weighted by atomic mass is 10.0. The molecule has 2 aliphatic heterocycles. The first kappa shape index (κ1) is 21.1. The molecule has 2 aromatic heterocycles. The monoisotopic (exact) mass is 459 g/mol. The number of rotatable bonds is 5. The molecule has 1 atom stereocenters. The SMILES string of the molecule is O=C1CCC(N2C(=O)c3cccc(NC(=O)Cn4cc(-c5ccncc5)nn4)c3C2=O)C(=O)N1. The number of carbonyl (C=O) groups excluding carboxylic acids is 5. The quantitative estimate of drug-likeness (QED) is 0.519. The molecule has 1 fully saturated rings. The average Bonchev–Trinajstić information content (AvgIpc) is 3.38. The number of benzene rings is 1. The number of amides is 5. The number of hydrogen-bond donors (Lipinski definition) is 2. The largest absolute Gasteiger partial charge is 0.324 e. The van der Waals surface area contributed by atoms with Crippen molar-refractivity contribution in [1.29, 1.82) is 0 Å². The molecule has 0 bridgehead atoms. The topological polar surface area (TPSA) is 156 Å². The van der Waals surface area contributed by atoms with Gasteiger partial charge in [0.05, 0.1) is 23.0 Å². The van der Waals surface area contributed by atoms with Gasteiger partial charge in [-0.15, -0.1) is 5.10 Å². The van der Waals surface area contributed by atoms with Crippen molar-refractivity contribution in [3.63, 3.8) is 0 Å². The van der Waals surface area contributed by atoms with Gasteiger partial charge in [-0.25, -0.2) is 4.68 Å². The molecule has 4 heterocycles. The summed E-state index contributed by atoms with van der Waals surface area (Å²) >= 11 is 0. The molecule has 170 valence electrons. The fourth-order valence-corrected chi connectivity index (χ4v) is 3.99. The van der Waals surface area contributed by atoms with Gasteiger partial charge in [-0.2, -0.15) is 0 Å². The summed E-state index contributed by atoms with van der Waals surface area (Å²) in [6.45, 7) is -0.180. The number of nitrogens with one attached hydrogen (secondary N) is 2. The van der Waals surface area contributed by atoms with E-state index < -0.39 is 35.6 Å². The molecule has 0 aliphatic carbocycles. The van der Waals surface area contributed by atoms with Crippen LogP contribution in [0.25, 0.3) is 11.3 Å². The average molecular weight is 459 g/mol. The highest BCUT2D eigenvalue weighted by Crippen LogP contribution is 2.32. The zero-order chi connectivity index (χ0) is 23.8. The second-order valence-corrected chi connectivity index (χ2v) is 7.76. The van der Waals surface area contributed by atoms with E-state index in [1.54, 1.807) is 30.7 Å². The zero-order valence-electron chi connectivity index (χ0n) is 17.6. The second-order valence-electron chi connectivity index (χ2n) is 7.76. The Hall–Kier alpha value is -4.74. The minimum absolute atomic E-state index is 0.00150. The number of anilines is 1. The summed E-state index contributed by atoms with van der Waals surface area (Å²) in [5.74, 6) is -2.99. The highest BCUT2D eigenvalue weighted by Gasteiger charge is 2.45. The van der Waals surface area contributed by atoms with E-state index in [9.17, 15) is 24.0 Å². The molecule has 3 aromatic rings. The molecule has 34 heavy (non-hydrogen) atoms. The van der Waals surface area contributed by atoms with E-state index in [0.29, 0.717) is 5.69 Å². The molecule has 5 amide bonds. The summed E-state index contributed by atoms with van der Waals surface area (Å²) < 4.78 is 1.34. The van der Waals surface area contributed by atoms with Crippen LogP contribution in [0, 0.1) is 0 Å². The summed E-state index contributed by atoms with van der Waals surface area (Å²) in [6.07, 6.45) is 4.90. The molecular formula is C22H17N7O5. The van der Waals surface area contributed by atoms with E-state index in [-0.39, 0.29) is 36.2 Å². The lowest BCUT2D eigenvalue weighted by Crippen LogP contribution is -2.54. The van der Waals surface area contributed by atoms with Gasteiger partial charge in [0.2, 0.25) is 17.7 Å². The van der Waals surface area contributed by atoms with Crippen LogP contribution in [-0.4, -0.2) is 60.5 Å². The first-order chi connectivity index (χ1) is 16.4. The Labute approximate surface area is 192 Å². The summed E-state index contributed by atoms with van der Waals surface area (Å²) in [5, 5.41) is 12.8. The fourth-order valence-electron chi connectivity index (χ4n) is 3.99. The van der Waals surface area contributed by atoms with E-state index in [1.165, 1.54) is 22.9 Å². The molecule has 1 unspecified atom stereocenters. The predicted octanol–water partition coefficient (Wildman–Crippen LogP) is 0.380. The molecule has 5 rings (SSSR count). The van der Waals surface area contributed by atoms with Gasteiger partial charge in [0, 0.05) is 24.4 Å². The summed E-state index contributed by atoms with van der Waals surface area (Å²) in [4.78, 5) is 67.1. The van der Waals surface area contributed by atoms with Crippen molar-refractivity contribution in [2.24, 2.45) is 0 Å². The van der Waals surface area contributed by atoms with Gasteiger partial charge in [0.25, 0.3) is 11.8 Å². The predicted molar refractivity (Wildman–Crippen MR) is 115 cm³/mol. The van der Waals surface area contributed by atoms with E-state index >= 15 is 0 Å². The van der Waals surface area contributed by atoms with Gasteiger partial charge in [0.1, 0.15) is 18.3 Å². The number of aromatic nitrogens is 4. The smallest absolute Gasteiger partial charge is 0.264 e. The maximum atomic E-state index is 13.1. The minimum atomic E-state index is -1.09.